The molecule has 0 atom stereocenters. The lowest BCUT2D eigenvalue weighted by atomic mass is 10.1. The molecule has 0 aliphatic rings. The summed E-state index contributed by atoms with van der Waals surface area (Å²) in [7, 11) is 0. The van der Waals surface area contributed by atoms with Gasteiger partial charge in [-0.15, -0.1) is 0 Å². The Kier molecular flexibility index (Phi) is 6.52. The van der Waals surface area contributed by atoms with Gasteiger partial charge in [0.15, 0.2) is 0 Å². The molecule has 170 valence electrons. The highest BCUT2D eigenvalue weighted by Crippen LogP contribution is 2.25. The van der Waals surface area contributed by atoms with Crippen LogP contribution in [0.4, 0.5) is 22.4 Å². The number of halogens is 4. The Balaban J connectivity index is 2.10. The first kappa shape index (κ1) is 23.2. The molecule has 0 aliphatic carbocycles. The fraction of sp³-hybridized carbons (Fsp3) is 0.318. The summed E-state index contributed by atoms with van der Waals surface area (Å²) in [5.41, 5.74) is -2.36. The predicted octanol–water partition coefficient (Wildman–Crippen LogP) is 4.67. The van der Waals surface area contributed by atoms with Crippen molar-refractivity contribution in [1.82, 2.24) is 14.9 Å². The highest BCUT2D eigenvalue weighted by atomic mass is 19.3. The molecule has 1 aromatic heterocycles. The number of hydrogen-bond acceptors (Lipinski definition) is 4. The maximum atomic E-state index is 13.8. The Labute approximate surface area is 180 Å². The van der Waals surface area contributed by atoms with Crippen LogP contribution in [-0.4, -0.2) is 27.8 Å². The zero-order valence-corrected chi connectivity index (χ0v) is 17.6. The molecule has 3 aromatic rings. The second kappa shape index (κ2) is 8.97. The van der Waals surface area contributed by atoms with Crippen LogP contribution in [0.1, 0.15) is 38.6 Å². The van der Waals surface area contributed by atoms with E-state index < -0.39 is 40.9 Å². The van der Waals surface area contributed by atoms with Crippen LogP contribution >= 0.6 is 0 Å². The average Bonchev–Trinajstić information content (AvgIpc) is 2.65. The average molecular weight is 451 g/mol. The lowest BCUT2D eigenvalue weighted by molar-refractivity contribution is 0.0528. The minimum absolute atomic E-state index is 0.00759. The zero-order chi connectivity index (χ0) is 23.6. The molecule has 0 aliphatic heterocycles. The molecule has 2 aromatic carbocycles. The molecule has 0 bridgehead atoms. The van der Waals surface area contributed by atoms with Crippen LogP contribution in [0.25, 0.3) is 16.6 Å². The smallest absolute Gasteiger partial charge is 0.407 e. The topological polar surface area (TPSA) is 73.2 Å². The highest BCUT2D eigenvalue weighted by Gasteiger charge is 2.21. The lowest BCUT2D eigenvalue weighted by Crippen LogP contribution is -2.34. The molecule has 6 nitrogen and oxygen atoms in total. The molecule has 0 unspecified atom stereocenters. The number of carbonyl (C=O) groups excluding carboxylic acids is 1. The second-order valence-electron chi connectivity index (χ2n) is 8.02. The minimum atomic E-state index is -2.95. The van der Waals surface area contributed by atoms with E-state index in [1.165, 1.54) is 12.1 Å². The number of amides is 1. The van der Waals surface area contributed by atoms with Crippen LogP contribution in [0.15, 0.2) is 41.2 Å². The lowest BCUT2D eigenvalue weighted by Gasteiger charge is -2.20. The van der Waals surface area contributed by atoms with E-state index in [9.17, 15) is 27.2 Å². The first-order valence-electron chi connectivity index (χ1n) is 9.72. The maximum absolute atomic E-state index is 13.8. The number of benzene rings is 2. The van der Waals surface area contributed by atoms with Crippen molar-refractivity contribution in [2.45, 2.75) is 39.2 Å². The van der Waals surface area contributed by atoms with Crippen molar-refractivity contribution in [2.24, 2.45) is 0 Å². The van der Waals surface area contributed by atoms with E-state index in [0.29, 0.717) is 6.07 Å². The number of nitrogens with one attached hydrogen (secondary N) is 1. The number of ether oxygens (including phenoxy) is 1. The molecule has 0 saturated heterocycles. The fourth-order valence-corrected chi connectivity index (χ4v) is 3.18. The van der Waals surface area contributed by atoms with Crippen LogP contribution in [-0.2, 0) is 11.2 Å². The number of rotatable bonds is 5. The van der Waals surface area contributed by atoms with E-state index in [1.807, 2.05) is 0 Å². The van der Waals surface area contributed by atoms with Crippen LogP contribution in [0, 0.1) is 11.6 Å². The first-order chi connectivity index (χ1) is 15.0. The molecule has 10 heteroatoms. The van der Waals surface area contributed by atoms with Crippen LogP contribution < -0.4 is 10.9 Å². The number of aromatic nitrogens is 2. The van der Waals surface area contributed by atoms with Crippen molar-refractivity contribution in [2.75, 3.05) is 6.54 Å². The number of carbonyl (C=O) groups is 1. The predicted molar refractivity (Wildman–Crippen MR) is 110 cm³/mol. The second-order valence-corrected chi connectivity index (χ2v) is 8.02. The van der Waals surface area contributed by atoms with E-state index in [1.54, 1.807) is 20.8 Å². The Hall–Kier alpha value is -3.43. The Morgan fingerprint density at radius 3 is 2.41 bits per heavy atom. The van der Waals surface area contributed by atoms with Crippen LogP contribution in [0.3, 0.4) is 0 Å². The van der Waals surface area contributed by atoms with Gasteiger partial charge in [0.1, 0.15) is 23.1 Å². The van der Waals surface area contributed by atoms with E-state index in [2.05, 4.69) is 10.3 Å². The molecule has 3 rings (SSSR count). The summed E-state index contributed by atoms with van der Waals surface area (Å²) < 4.78 is 60.7. The molecule has 32 heavy (non-hydrogen) atoms. The van der Waals surface area contributed by atoms with Gasteiger partial charge in [0.05, 0.1) is 16.6 Å². The molecular formula is C22H21F4N3O3. The van der Waals surface area contributed by atoms with E-state index in [4.69, 9.17) is 4.74 Å². The quantitative estimate of drug-likeness (QED) is 0.573. The summed E-state index contributed by atoms with van der Waals surface area (Å²) in [6, 6.07) is 6.24. The summed E-state index contributed by atoms with van der Waals surface area (Å²) in [5.74, 6) is -1.88. The van der Waals surface area contributed by atoms with Gasteiger partial charge < -0.3 is 10.1 Å². The summed E-state index contributed by atoms with van der Waals surface area (Å²) >= 11 is 0. The highest BCUT2D eigenvalue weighted by molar-refractivity contribution is 5.82. The molecule has 0 radical (unpaired) electrons. The number of fused-ring (bicyclic) bond motifs is 1. The van der Waals surface area contributed by atoms with Gasteiger partial charge in [-0.3, -0.25) is 9.36 Å². The fourth-order valence-electron chi connectivity index (χ4n) is 3.18. The molecule has 0 spiro atoms. The molecule has 1 N–H and O–H groups in total. The van der Waals surface area contributed by atoms with Crippen molar-refractivity contribution in [3.63, 3.8) is 0 Å². The Bertz CT molecular complexity index is 1200. The SMILES string of the molecule is CC(C)(C)OC(=O)NCCc1nc2cccc(C(F)F)c2c(=O)n1-c1cc(F)cc(F)c1. The van der Waals surface area contributed by atoms with E-state index in [-0.39, 0.29) is 35.4 Å². The number of alkyl halides is 2. The number of alkyl carbamates (subject to hydrolysis) is 1. The van der Waals surface area contributed by atoms with Gasteiger partial charge >= 0.3 is 6.09 Å². The summed E-state index contributed by atoms with van der Waals surface area (Å²) in [6.07, 6.45) is -3.70. The van der Waals surface area contributed by atoms with E-state index >= 15 is 0 Å². The third kappa shape index (κ3) is 5.24. The van der Waals surface area contributed by atoms with Crippen molar-refractivity contribution < 1.29 is 27.1 Å². The summed E-state index contributed by atoms with van der Waals surface area (Å²) in [5, 5.41) is 2.15. The van der Waals surface area contributed by atoms with Gasteiger partial charge in [-0.25, -0.2) is 27.3 Å². The standard InChI is InChI=1S/C22H21F4N3O3/c1-22(2,3)32-21(31)27-8-7-17-28-16-6-4-5-15(19(25)26)18(16)20(30)29(17)14-10-12(23)9-13(24)11-14/h4-6,9-11,19H,7-8H2,1-3H3,(H,27,31). The van der Waals surface area contributed by atoms with Gasteiger partial charge in [-0.1, -0.05) is 12.1 Å². The van der Waals surface area contributed by atoms with Gasteiger partial charge in [-0.2, -0.15) is 0 Å². The van der Waals surface area contributed by atoms with Crippen molar-refractivity contribution >= 4 is 17.0 Å². The van der Waals surface area contributed by atoms with Crippen molar-refractivity contribution in [1.29, 1.82) is 0 Å². The van der Waals surface area contributed by atoms with Gasteiger partial charge in [0.2, 0.25) is 0 Å². The Morgan fingerprint density at radius 1 is 1.16 bits per heavy atom. The third-order valence-corrected chi connectivity index (χ3v) is 4.36. The maximum Gasteiger partial charge on any atom is 0.407 e. The molecule has 1 amide bonds. The monoisotopic (exact) mass is 451 g/mol. The van der Waals surface area contributed by atoms with Gasteiger partial charge in [0, 0.05) is 24.6 Å². The van der Waals surface area contributed by atoms with E-state index in [0.717, 1.165) is 22.8 Å². The van der Waals surface area contributed by atoms with Gasteiger partial charge in [-0.05, 0) is 39.0 Å². The normalized spacial score (nSPS) is 11.8. The number of nitrogens with zero attached hydrogens (tertiary/aromatic N) is 2. The zero-order valence-electron chi connectivity index (χ0n) is 17.6. The third-order valence-electron chi connectivity index (χ3n) is 4.36. The summed E-state index contributed by atoms with van der Waals surface area (Å²) in [6.45, 7) is 5.04. The van der Waals surface area contributed by atoms with Crippen molar-refractivity contribution in [3.8, 4) is 5.69 Å². The summed E-state index contributed by atoms with van der Waals surface area (Å²) in [4.78, 5) is 29.4. The molecule has 1 heterocycles. The minimum Gasteiger partial charge on any atom is -0.444 e. The van der Waals surface area contributed by atoms with Gasteiger partial charge in [0.25, 0.3) is 12.0 Å². The number of hydrogen-bond donors (Lipinski definition) is 1. The van der Waals surface area contributed by atoms with Crippen molar-refractivity contribution in [3.05, 3.63) is 69.8 Å². The Morgan fingerprint density at radius 2 is 1.81 bits per heavy atom. The molecular weight excluding hydrogens is 430 g/mol. The van der Waals surface area contributed by atoms with Crippen LogP contribution in [0.5, 0.6) is 0 Å². The molecule has 0 saturated carbocycles. The first-order valence-corrected chi connectivity index (χ1v) is 9.72. The molecule has 0 fully saturated rings. The van der Waals surface area contributed by atoms with Crippen LogP contribution in [0.2, 0.25) is 0 Å². The largest absolute Gasteiger partial charge is 0.444 e.